The summed E-state index contributed by atoms with van der Waals surface area (Å²) < 4.78 is 0. The van der Waals surface area contributed by atoms with Crippen molar-refractivity contribution in [3.05, 3.63) is 36.7 Å². The number of carbonyl (C=O) groups excluding carboxylic acids is 8. The fourth-order valence-corrected chi connectivity index (χ4v) is 10.4. The number of rotatable bonds is 15. The number of imide groups is 1. The highest BCUT2D eigenvalue weighted by Gasteiger charge is 2.44. The molecule has 0 radical (unpaired) electrons. The zero-order valence-electron chi connectivity index (χ0n) is 54.2. The minimum absolute atomic E-state index is 0.0193. The Hall–Kier alpha value is -5.50. The molecule has 0 saturated carbocycles. The number of aliphatic hydroxyl groups excluding tert-OH is 1. The summed E-state index contributed by atoms with van der Waals surface area (Å²) in [6.07, 6.45) is 3.59. The molecule has 9 amide bonds. The van der Waals surface area contributed by atoms with Crippen molar-refractivity contribution in [3.63, 3.8) is 0 Å². The molecule has 0 bridgehead atoms. The summed E-state index contributed by atoms with van der Waals surface area (Å²) in [5, 5.41) is 23.8. The summed E-state index contributed by atoms with van der Waals surface area (Å²) in [5.41, 5.74) is 0.833. The lowest BCUT2D eigenvalue weighted by Gasteiger charge is -2.43. The van der Waals surface area contributed by atoms with Crippen LogP contribution in [0.1, 0.15) is 149 Å². The van der Waals surface area contributed by atoms with Crippen molar-refractivity contribution in [2.75, 3.05) is 55.9 Å². The van der Waals surface area contributed by atoms with Crippen LogP contribution in [0.3, 0.4) is 0 Å². The average molecular weight is 1140 g/mol. The van der Waals surface area contributed by atoms with Gasteiger partial charge in [0.2, 0.25) is 41.4 Å². The molecule has 1 aliphatic heterocycles. The van der Waals surface area contributed by atoms with Crippen molar-refractivity contribution in [2.45, 2.75) is 210 Å². The maximum atomic E-state index is 15.2. The van der Waals surface area contributed by atoms with Crippen molar-refractivity contribution in [2.24, 2.45) is 41.4 Å². The third-order valence-corrected chi connectivity index (χ3v) is 15.7. The molecule has 1 fully saturated rings. The largest absolute Gasteiger partial charge is 0.390 e. The number of hydrogen-bond acceptors (Lipinski definition) is 12. The lowest BCUT2D eigenvalue weighted by Crippen LogP contribution is -2.62. The van der Waals surface area contributed by atoms with E-state index in [9.17, 15) is 33.9 Å². The molecule has 20 heteroatoms. The zero-order valence-corrected chi connectivity index (χ0v) is 54.2. The molecule has 10 unspecified atom stereocenters. The summed E-state index contributed by atoms with van der Waals surface area (Å²) >= 11 is 0. The molecule has 464 valence electrons. The minimum Gasteiger partial charge on any atom is -0.390 e. The van der Waals surface area contributed by atoms with Crippen molar-refractivity contribution in [3.8, 4) is 0 Å². The monoisotopic (exact) mass is 1140 g/mol. The standard InChI is InChI=1S/C61H111N11O9/c1-26-28-29-41(15)53(73)52-56(76)63-45(27-2)57(77)66(19)34-42(16)67(20)47(31-36(5)6)55(75)64-50(39(11)12)59(79)71(24)49(33-38(9)10)62-43(17)54(74)65-61(81)70(23)48(32-37(7)8)58(78)69(22)46(30-35(3)4)44(18)68(21)51(40(13)14)60(80)72(52)25/h26,28,35-41,43,45-53,62,73H,16,18,27,29-34H2,1-15,17,19-25H3,(H,63,76)(H,64,75)(H,65,74,81)/b28-26+/t41?,43?,45?,46?,47?,48?,49?,50?,51?,52?,53-/m1/s1. The van der Waals surface area contributed by atoms with Crippen molar-refractivity contribution in [1.29, 1.82) is 0 Å². The first-order valence-corrected chi connectivity index (χ1v) is 29.5. The zero-order chi connectivity index (χ0) is 62.8. The van der Waals surface area contributed by atoms with Gasteiger partial charge in [-0.25, -0.2) is 4.79 Å². The molecule has 0 aromatic carbocycles. The van der Waals surface area contributed by atoms with Gasteiger partial charge in [0.1, 0.15) is 36.3 Å². The SMILES string of the molecule is C=C1CN(C)C(=O)C(CC)NC(=O)C([C@H](O)C(C)C/C=C/C)N(C)C(=O)C(C(C)C)N(C)C(=C)C(CC(C)C)N(C)C(=O)C(CC(C)C)N(C)C(=O)NC(=O)C(C)NC(CC(C)C)N(C)C(=O)C(C(C)C)NC(=O)C(CC(C)C)N1C. The fraction of sp³-hybridized carbons (Fsp3) is 0.770. The molecule has 1 heterocycles. The van der Waals surface area contributed by atoms with Gasteiger partial charge >= 0.3 is 6.03 Å². The van der Waals surface area contributed by atoms with E-state index in [4.69, 9.17) is 0 Å². The quantitative estimate of drug-likeness (QED) is 0.121. The molecule has 0 spiro atoms. The number of urea groups is 1. The Kier molecular flexibility index (Phi) is 30.5. The lowest BCUT2D eigenvalue weighted by molar-refractivity contribution is -0.150. The number of allylic oxidation sites excluding steroid dienone is 2. The maximum Gasteiger partial charge on any atom is 0.324 e. The van der Waals surface area contributed by atoms with E-state index >= 15 is 9.59 Å². The van der Waals surface area contributed by atoms with Gasteiger partial charge in [0, 0.05) is 60.7 Å². The summed E-state index contributed by atoms with van der Waals surface area (Å²) in [7, 11) is 11.2. The van der Waals surface area contributed by atoms with Crippen molar-refractivity contribution < 1.29 is 43.5 Å². The second kappa shape index (κ2) is 33.6. The Bertz CT molecular complexity index is 2160. The number of likely N-dealkylation sites (N-methyl/N-ethyl adjacent to an activating group) is 7. The van der Waals surface area contributed by atoms with Crippen molar-refractivity contribution in [1.82, 2.24) is 55.6 Å². The molecule has 81 heavy (non-hydrogen) atoms. The van der Waals surface area contributed by atoms with Crippen LogP contribution in [-0.2, 0) is 33.6 Å². The molecule has 1 aliphatic rings. The third-order valence-electron chi connectivity index (χ3n) is 15.7. The minimum atomic E-state index is -1.46. The van der Waals surface area contributed by atoms with Gasteiger partial charge in [0.05, 0.1) is 30.9 Å². The molecule has 1 saturated heterocycles. The van der Waals surface area contributed by atoms with Crippen LogP contribution >= 0.6 is 0 Å². The van der Waals surface area contributed by atoms with Gasteiger partial charge in [-0.1, -0.05) is 122 Å². The third kappa shape index (κ3) is 21.0. The normalized spacial score (nSPS) is 26.5. The average Bonchev–Trinajstić information content (AvgIpc) is 3.38. The summed E-state index contributed by atoms with van der Waals surface area (Å²) in [6.45, 7) is 38.9. The highest BCUT2D eigenvalue weighted by atomic mass is 16.3. The van der Waals surface area contributed by atoms with E-state index < -0.39 is 120 Å². The molecular weight excluding hydrogens is 1030 g/mol. The fourth-order valence-electron chi connectivity index (χ4n) is 10.4. The Morgan fingerprint density at radius 1 is 0.568 bits per heavy atom. The van der Waals surface area contributed by atoms with Crippen LogP contribution in [0.5, 0.6) is 0 Å². The Morgan fingerprint density at radius 3 is 1.57 bits per heavy atom. The van der Waals surface area contributed by atoms with E-state index in [1.54, 1.807) is 70.7 Å². The van der Waals surface area contributed by atoms with Crippen LogP contribution in [0, 0.1) is 41.4 Å². The van der Waals surface area contributed by atoms with E-state index in [0.29, 0.717) is 37.1 Å². The molecule has 0 aromatic rings. The molecule has 0 aliphatic carbocycles. The topological polar surface area (TPSA) is 228 Å². The number of nitrogens with one attached hydrogen (secondary N) is 4. The van der Waals surface area contributed by atoms with E-state index in [1.165, 1.54) is 33.7 Å². The van der Waals surface area contributed by atoms with Crippen molar-refractivity contribution >= 4 is 47.4 Å². The van der Waals surface area contributed by atoms with Gasteiger partial charge in [-0.15, -0.1) is 0 Å². The summed E-state index contributed by atoms with van der Waals surface area (Å²) in [5.74, 6) is -4.92. The van der Waals surface area contributed by atoms with Crippen LogP contribution in [-0.4, -0.2) is 203 Å². The predicted molar refractivity (Wildman–Crippen MR) is 323 cm³/mol. The molecule has 11 atom stereocenters. The number of nitrogens with zero attached hydrogens (tertiary/aromatic N) is 7. The van der Waals surface area contributed by atoms with Gasteiger partial charge in [0.25, 0.3) is 0 Å². The smallest absolute Gasteiger partial charge is 0.324 e. The Labute approximate surface area is 488 Å². The molecule has 1 rings (SSSR count). The summed E-state index contributed by atoms with van der Waals surface area (Å²) in [6, 6.07) is -8.89. The Morgan fingerprint density at radius 2 is 1.09 bits per heavy atom. The van der Waals surface area contributed by atoms with Gasteiger partial charge in [-0.3, -0.25) is 44.2 Å². The van der Waals surface area contributed by atoms with Gasteiger partial charge < -0.3 is 50.0 Å². The van der Waals surface area contributed by atoms with E-state index in [0.717, 1.165) is 0 Å². The second-order valence-corrected chi connectivity index (χ2v) is 25.3. The highest BCUT2D eigenvalue weighted by Crippen LogP contribution is 2.28. The number of carbonyl (C=O) groups is 8. The molecule has 20 nitrogen and oxygen atoms in total. The van der Waals surface area contributed by atoms with Crippen LogP contribution in [0.4, 0.5) is 4.79 Å². The molecular formula is C61H111N11O9. The van der Waals surface area contributed by atoms with E-state index in [-0.39, 0.29) is 49.0 Å². The van der Waals surface area contributed by atoms with Gasteiger partial charge in [-0.2, -0.15) is 0 Å². The number of aliphatic hydroxyl groups is 1. The van der Waals surface area contributed by atoms with E-state index in [1.807, 2.05) is 102 Å². The number of amides is 9. The summed E-state index contributed by atoms with van der Waals surface area (Å²) in [4.78, 5) is 127. The molecule has 5 N–H and O–H groups in total. The first-order valence-electron chi connectivity index (χ1n) is 29.5. The first kappa shape index (κ1) is 73.5. The van der Waals surface area contributed by atoms with Crippen LogP contribution in [0.2, 0.25) is 0 Å². The van der Waals surface area contributed by atoms with Crippen LogP contribution in [0.25, 0.3) is 0 Å². The highest BCUT2D eigenvalue weighted by molar-refractivity contribution is 5.99. The van der Waals surface area contributed by atoms with Gasteiger partial charge in [0.15, 0.2) is 0 Å². The second-order valence-electron chi connectivity index (χ2n) is 25.3. The van der Waals surface area contributed by atoms with Crippen LogP contribution < -0.4 is 21.3 Å². The number of hydrogen-bond donors (Lipinski definition) is 5. The predicted octanol–water partition coefficient (Wildman–Crippen LogP) is 5.88. The van der Waals surface area contributed by atoms with Gasteiger partial charge in [-0.05, 0) is 93.8 Å². The lowest BCUT2D eigenvalue weighted by atomic mass is 9.91. The van der Waals surface area contributed by atoms with Crippen LogP contribution in [0.15, 0.2) is 36.7 Å². The first-order chi connectivity index (χ1) is 37.4. The Balaban J connectivity index is 4.31. The van der Waals surface area contributed by atoms with E-state index in [2.05, 4.69) is 34.4 Å². The maximum absolute atomic E-state index is 15.2. The molecule has 0 aromatic heterocycles.